The first-order valence-electron chi connectivity index (χ1n) is 20.6. The van der Waals surface area contributed by atoms with Crippen molar-refractivity contribution in [2.24, 2.45) is 4.99 Å². The van der Waals surface area contributed by atoms with Crippen LogP contribution in [0.4, 0.5) is 0 Å². The van der Waals surface area contributed by atoms with Gasteiger partial charge in [0, 0.05) is 19.1 Å². The molecule has 0 unspecified atom stereocenters. The minimum absolute atomic E-state index is 0.335. The van der Waals surface area contributed by atoms with Crippen LogP contribution in [-0.2, 0) is 0 Å². The number of aliphatic imine (C=N–C) groups is 1. The molecule has 0 atom stereocenters. The quantitative estimate of drug-likeness (QED) is 0.0388. The summed E-state index contributed by atoms with van der Waals surface area (Å²) < 4.78 is 0. The van der Waals surface area contributed by atoms with E-state index in [0.29, 0.717) is 6.04 Å². The minimum Gasteiger partial charge on any atom is -0.357 e. The van der Waals surface area contributed by atoms with E-state index in [1.165, 1.54) is 205 Å². The monoisotopic (exact) mass is 617 g/mol. The van der Waals surface area contributed by atoms with Crippen LogP contribution in [0.2, 0.25) is 0 Å². The average Bonchev–Trinajstić information content (AvgIpc) is 3.02. The number of nitrogens with zero attached hydrogens (tertiary/aromatic N) is 2. The van der Waals surface area contributed by atoms with Crippen molar-refractivity contribution in [3.63, 3.8) is 0 Å². The van der Waals surface area contributed by atoms with Crippen molar-refractivity contribution in [1.29, 1.82) is 0 Å². The molecule has 0 aromatic rings. The second kappa shape index (κ2) is 36.7. The van der Waals surface area contributed by atoms with Crippen molar-refractivity contribution in [3.8, 4) is 0 Å². The van der Waals surface area contributed by atoms with E-state index in [-0.39, 0.29) is 0 Å². The van der Waals surface area contributed by atoms with Gasteiger partial charge in [-0.25, -0.2) is 0 Å². The van der Waals surface area contributed by atoms with Crippen molar-refractivity contribution in [2.45, 2.75) is 239 Å². The average molecular weight is 617 g/mol. The van der Waals surface area contributed by atoms with E-state index in [1.54, 1.807) is 0 Å². The van der Waals surface area contributed by atoms with Crippen molar-refractivity contribution < 1.29 is 0 Å². The number of unbranched alkanes of at least 4 members (excludes halogenated alkanes) is 30. The van der Waals surface area contributed by atoms with E-state index >= 15 is 0 Å². The molecule has 0 amide bonds. The normalized spacial score (nSPS) is 12.0. The SMILES string of the molecule is C=CC(=NC(C)C)N(CCCCCCCCCCCCCCCCCC)CCCCCCCCCCCCCCCCCC. The Morgan fingerprint density at radius 2 is 0.659 bits per heavy atom. The van der Waals surface area contributed by atoms with Crippen molar-refractivity contribution in [1.82, 2.24) is 4.90 Å². The van der Waals surface area contributed by atoms with Crippen molar-refractivity contribution >= 4 is 5.84 Å². The molecule has 0 aliphatic carbocycles. The zero-order valence-electron chi connectivity index (χ0n) is 31.3. The number of hydrogen-bond acceptors (Lipinski definition) is 1. The van der Waals surface area contributed by atoms with Crippen LogP contribution in [0.25, 0.3) is 0 Å². The molecule has 0 spiro atoms. The summed E-state index contributed by atoms with van der Waals surface area (Å²) in [7, 11) is 0. The summed E-state index contributed by atoms with van der Waals surface area (Å²) >= 11 is 0. The Kier molecular flexibility index (Phi) is 36.0. The Balaban J connectivity index is 3.82. The Bertz CT molecular complexity index is 544. The van der Waals surface area contributed by atoms with Crippen LogP contribution in [0.1, 0.15) is 233 Å². The standard InChI is InChI=1S/C42H84N2/c1-6-9-11-13-15-17-19-21-23-25-27-29-31-33-35-37-39-44(42(8-3)43-41(4)5)40-38-36-34-32-30-28-26-24-22-20-18-16-14-12-10-7-2/h8,41H,3,6-7,9-40H2,1-2,4-5H3. The third kappa shape index (κ3) is 32.6. The minimum atomic E-state index is 0.335. The van der Waals surface area contributed by atoms with Gasteiger partial charge in [0.25, 0.3) is 0 Å². The molecule has 0 radical (unpaired) electrons. The Hall–Kier alpha value is -0.790. The van der Waals surface area contributed by atoms with Crippen LogP contribution in [-0.4, -0.2) is 29.9 Å². The molecule has 0 aromatic carbocycles. The van der Waals surface area contributed by atoms with E-state index in [9.17, 15) is 0 Å². The van der Waals surface area contributed by atoms with Crippen LogP contribution in [0, 0.1) is 0 Å². The second-order valence-corrected chi connectivity index (χ2v) is 14.4. The highest BCUT2D eigenvalue weighted by Crippen LogP contribution is 2.16. The zero-order valence-corrected chi connectivity index (χ0v) is 31.3. The number of amidine groups is 1. The Morgan fingerprint density at radius 3 is 0.864 bits per heavy atom. The fraction of sp³-hybridized carbons (Fsp3) is 0.929. The first-order chi connectivity index (χ1) is 21.7. The van der Waals surface area contributed by atoms with E-state index in [4.69, 9.17) is 4.99 Å². The second-order valence-electron chi connectivity index (χ2n) is 14.4. The lowest BCUT2D eigenvalue weighted by Gasteiger charge is -2.25. The van der Waals surface area contributed by atoms with Gasteiger partial charge in [-0.2, -0.15) is 0 Å². The van der Waals surface area contributed by atoms with Gasteiger partial charge in [-0.15, -0.1) is 0 Å². The molecule has 44 heavy (non-hydrogen) atoms. The summed E-state index contributed by atoms with van der Waals surface area (Å²) in [6, 6.07) is 0.335. The summed E-state index contributed by atoms with van der Waals surface area (Å²) in [4.78, 5) is 7.45. The lowest BCUT2D eigenvalue weighted by molar-refractivity contribution is 0.383. The summed E-state index contributed by atoms with van der Waals surface area (Å²) in [6.45, 7) is 15.4. The van der Waals surface area contributed by atoms with Gasteiger partial charge in [0.15, 0.2) is 0 Å². The number of hydrogen-bond donors (Lipinski definition) is 0. The summed E-state index contributed by atoms with van der Waals surface area (Å²) in [5.74, 6) is 1.13. The van der Waals surface area contributed by atoms with Crippen LogP contribution < -0.4 is 0 Å². The van der Waals surface area contributed by atoms with Gasteiger partial charge < -0.3 is 4.90 Å². The van der Waals surface area contributed by atoms with Crippen LogP contribution in [0.15, 0.2) is 17.6 Å². The summed E-state index contributed by atoms with van der Waals surface area (Å²) in [6.07, 6.45) is 47.7. The van der Waals surface area contributed by atoms with Crippen LogP contribution in [0.3, 0.4) is 0 Å². The van der Waals surface area contributed by atoms with Gasteiger partial charge in [0.05, 0.1) is 0 Å². The van der Waals surface area contributed by atoms with Gasteiger partial charge in [0.1, 0.15) is 5.84 Å². The lowest BCUT2D eigenvalue weighted by Crippen LogP contribution is -2.32. The Morgan fingerprint density at radius 1 is 0.432 bits per heavy atom. The van der Waals surface area contributed by atoms with Crippen LogP contribution in [0.5, 0.6) is 0 Å². The lowest BCUT2D eigenvalue weighted by atomic mass is 10.0. The third-order valence-corrected chi connectivity index (χ3v) is 9.46. The van der Waals surface area contributed by atoms with E-state index in [2.05, 4.69) is 39.2 Å². The molecule has 0 heterocycles. The predicted molar refractivity (Wildman–Crippen MR) is 203 cm³/mol. The van der Waals surface area contributed by atoms with Gasteiger partial charge in [-0.05, 0) is 32.8 Å². The van der Waals surface area contributed by atoms with Crippen molar-refractivity contribution in [3.05, 3.63) is 12.7 Å². The first-order valence-corrected chi connectivity index (χ1v) is 20.6. The third-order valence-electron chi connectivity index (χ3n) is 9.46. The molecule has 262 valence electrons. The smallest absolute Gasteiger partial charge is 0.123 e. The molecule has 0 N–H and O–H groups in total. The van der Waals surface area contributed by atoms with Gasteiger partial charge in [0.2, 0.25) is 0 Å². The molecule has 0 rings (SSSR count). The zero-order chi connectivity index (χ0) is 32.2. The van der Waals surface area contributed by atoms with Crippen LogP contribution >= 0.6 is 0 Å². The molecule has 0 aliphatic rings. The highest BCUT2D eigenvalue weighted by atomic mass is 15.2. The molecule has 0 aliphatic heterocycles. The Labute approximate surface area is 280 Å². The molecular weight excluding hydrogens is 532 g/mol. The maximum atomic E-state index is 4.90. The fourth-order valence-electron chi connectivity index (χ4n) is 6.57. The highest BCUT2D eigenvalue weighted by molar-refractivity contribution is 5.92. The molecule has 2 heteroatoms. The maximum absolute atomic E-state index is 4.90. The topological polar surface area (TPSA) is 15.6 Å². The van der Waals surface area contributed by atoms with Gasteiger partial charge in [-0.3, -0.25) is 4.99 Å². The van der Waals surface area contributed by atoms with Crippen molar-refractivity contribution in [2.75, 3.05) is 13.1 Å². The highest BCUT2D eigenvalue weighted by Gasteiger charge is 2.09. The van der Waals surface area contributed by atoms with Gasteiger partial charge >= 0.3 is 0 Å². The fourth-order valence-corrected chi connectivity index (χ4v) is 6.57. The first kappa shape index (κ1) is 43.2. The molecule has 0 saturated heterocycles. The molecule has 0 fully saturated rings. The largest absolute Gasteiger partial charge is 0.357 e. The molecular formula is C42H84N2. The van der Waals surface area contributed by atoms with E-state index in [0.717, 1.165) is 18.9 Å². The van der Waals surface area contributed by atoms with Gasteiger partial charge in [-0.1, -0.05) is 213 Å². The molecule has 0 aromatic heterocycles. The predicted octanol–water partition coefficient (Wildman–Crippen LogP) is 14.8. The van der Waals surface area contributed by atoms with E-state index in [1.807, 2.05) is 6.08 Å². The molecule has 2 nitrogen and oxygen atoms in total. The molecule has 0 bridgehead atoms. The summed E-state index contributed by atoms with van der Waals surface area (Å²) in [5, 5.41) is 0. The van der Waals surface area contributed by atoms with E-state index < -0.39 is 0 Å². The molecule has 0 saturated carbocycles. The summed E-state index contributed by atoms with van der Waals surface area (Å²) in [5.41, 5.74) is 0. The number of rotatable bonds is 36. The maximum Gasteiger partial charge on any atom is 0.123 e.